The normalized spacial score (nSPS) is 10.2. The van der Waals surface area contributed by atoms with Crippen molar-refractivity contribution in [1.82, 2.24) is 9.97 Å². The molecule has 0 aliphatic heterocycles. The van der Waals surface area contributed by atoms with Gasteiger partial charge in [-0.25, -0.2) is 4.98 Å². The van der Waals surface area contributed by atoms with Gasteiger partial charge in [0.2, 0.25) is 0 Å². The summed E-state index contributed by atoms with van der Waals surface area (Å²) in [6, 6.07) is 3.45. The number of thiazole rings is 1. The number of carbonyl (C=O) groups excluding carboxylic acids is 1. The van der Waals surface area contributed by atoms with Crippen LogP contribution in [0, 0.1) is 6.92 Å². The lowest BCUT2D eigenvalue weighted by Gasteiger charge is -1.97. The zero-order chi connectivity index (χ0) is 10.7. The monoisotopic (exact) mass is 218 g/mol. The smallest absolute Gasteiger partial charge is 0.168 e. The topological polar surface area (TPSA) is 42.9 Å². The number of pyridine rings is 1. The molecule has 0 saturated heterocycles. The zero-order valence-corrected chi connectivity index (χ0v) is 9.12. The molecule has 0 fully saturated rings. The van der Waals surface area contributed by atoms with E-state index in [9.17, 15) is 4.79 Å². The van der Waals surface area contributed by atoms with Crippen LogP contribution in [0.2, 0.25) is 0 Å². The fourth-order valence-electron chi connectivity index (χ4n) is 1.29. The van der Waals surface area contributed by atoms with Crippen LogP contribution in [0.15, 0.2) is 29.9 Å². The van der Waals surface area contributed by atoms with Crippen LogP contribution >= 0.6 is 11.3 Å². The lowest BCUT2D eigenvalue weighted by molar-refractivity contribution is 0.0992. The van der Waals surface area contributed by atoms with Crippen LogP contribution in [0.3, 0.4) is 0 Å². The van der Waals surface area contributed by atoms with E-state index in [1.807, 2.05) is 12.3 Å². The van der Waals surface area contributed by atoms with Crippen molar-refractivity contribution in [2.75, 3.05) is 0 Å². The number of aryl methyl sites for hydroxylation is 1. The van der Waals surface area contributed by atoms with E-state index in [1.165, 1.54) is 0 Å². The predicted molar refractivity (Wildman–Crippen MR) is 59.1 cm³/mol. The number of carbonyl (C=O) groups is 1. The molecule has 2 heterocycles. The van der Waals surface area contributed by atoms with Gasteiger partial charge < -0.3 is 0 Å². The number of rotatable bonds is 3. The van der Waals surface area contributed by atoms with Gasteiger partial charge in [-0.05, 0) is 19.1 Å². The van der Waals surface area contributed by atoms with Gasteiger partial charge in [-0.15, -0.1) is 11.3 Å². The molecule has 2 aromatic heterocycles. The van der Waals surface area contributed by atoms with Crippen molar-refractivity contribution in [3.8, 4) is 0 Å². The van der Waals surface area contributed by atoms with E-state index < -0.39 is 0 Å². The molecule has 2 rings (SSSR count). The van der Waals surface area contributed by atoms with Crippen molar-refractivity contribution in [2.24, 2.45) is 0 Å². The maximum atomic E-state index is 11.8. The predicted octanol–water partition coefficient (Wildman–Crippen LogP) is 2.27. The molecule has 0 atom stereocenters. The van der Waals surface area contributed by atoms with Gasteiger partial charge in [-0.2, -0.15) is 0 Å². The molecule has 15 heavy (non-hydrogen) atoms. The molecular weight excluding hydrogens is 208 g/mol. The Balaban J connectivity index is 2.11. The zero-order valence-electron chi connectivity index (χ0n) is 8.30. The lowest BCUT2D eigenvalue weighted by Crippen LogP contribution is -2.03. The molecule has 0 spiro atoms. The van der Waals surface area contributed by atoms with Gasteiger partial charge in [0.15, 0.2) is 5.78 Å². The summed E-state index contributed by atoms with van der Waals surface area (Å²) in [4.78, 5) is 19.9. The SMILES string of the molecule is Cc1nc(CC(=O)c2ccncc2)cs1. The molecule has 0 aliphatic rings. The van der Waals surface area contributed by atoms with Crippen LogP contribution in [0.1, 0.15) is 21.1 Å². The number of nitrogens with zero attached hydrogens (tertiary/aromatic N) is 2. The van der Waals surface area contributed by atoms with E-state index >= 15 is 0 Å². The molecule has 0 N–H and O–H groups in total. The Kier molecular flexibility index (Phi) is 2.87. The second-order valence-corrected chi connectivity index (χ2v) is 4.26. The molecule has 0 aliphatic carbocycles. The Morgan fingerprint density at radius 2 is 2.13 bits per heavy atom. The van der Waals surface area contributed by atoms with Crippen LogP contribution in [0.5, 0.6) is 0 Å². The van der Waals surface area contributed by atoms with Crippen LogP contribution in [-0.2, 0) is 6.42 Å². The first-order valence-electron chi connectivity index (χ1n) is 4.60. The fraction of sp³-hybridized carbons (Fsp3) is 0.182. The summed E-state index contributed by atoms with van der Waals surface area (Å²) >= 11 is 1.57. The summed E-state index contributed by atoms with van der Waals surface area (Å²) in [6.45, 7) is 1.94. The third-order valence-corrected chi connectivity index (χ3v) is 2.83. The van der Waals surface area contributed by atoms with E-state index in [1.54, 1.807) is 35.9 Å². The molecule has 3 nitrogen and oxygen atoms in total. The fourth-order valence-corrected chi connectivity index (χ4v) is 1.91. The van der Waals surface area contributed by atoms with Crippen LogP contribution in [-0.4, -0.2) is 15.8 Å². The van der Waals surface area contributed by atoms with Crippen molar-refractivity contribution in [1.29, 1.82) is 0 Å². The lowest BCUT2D eigenvalue weighted by atomic mass is 10.1. The van der Waals surface area contributed by atoms with Crippen molar-refractivity contribution >= 4 is 17.1 Å². The Morgan fingerprint density at radius 3 is 2.73 bits per heavy atom. The maximum Gasteiger partial charge on any atom is 0.168 e. The number of ketones is 1. The van der Waals surface area contributed by atoms with Gasteiger partial charge in [0, 0.05) is 23.3 Å². The Labute approximate surface area is 91.8 Å². The van der Waals surface area contributed by atoms with Crippen molar-refractivity contribution in [3.05, 3.63) is 46.2 Å². The van der Waals surface area contributed by atoms with E-state index in [-0.39, 0.29) is 5.78 Å². The number of Topliss-reactive ketones (excluding diaryl/α,β-unsaturated/α-hetero) is 1. The highest BCUT2D eigenvalue weighted by molar-refractivity contribution is 7.09. The molecule has 0 saturated carbocycles. The maximum absolute atomic E-state index is 11.8. The highest BCUT2D eigenvalue weighted by Gasteiger charge is 2.08. The quantitative estimate of drug-likeness (QED) is 0.742. The highest BCUT2D eigenvalue weighted by atomic mass is 32.1. The summed E-state index contributed by atoms with van der Waals surface area (Å²) in [6.07, 6.45) is 3.62. The molecule has 0 radical (unpaired) electrons. The average Bonchev–Trinajstić information content (AvgIpc) is 2.65. The third-order valence-electron chi connectivity index (χ3n) is 2.01. The average molecular weight is 218 g/mol. The van der Waals surface area contributed by atoms with E-state index in [0.717, 1.165) is 10.7 Å². The summed E-state index contributed by atoms with van der Waals surface area (Å²) in [5.41, 5.74) is 1.54. The Morgan fingerprint density at radius 1 is 1.40 bits per heavy atom. The largest absolute Gasteiger partial charge is 0.294 e. The minimum Gasteiger partial charge on any atom is -0.294 e. The summed E-state index contributed by atoms with van der Waals surface area (Å²) in [5, 5.41) is 2.92. The van der Waals surface area contributed by atoms with Gasteiger partial charge in [-0.1, -0.05) is 0 Å². The van der Waals surface area contributed by atoms with E-state index in [4.69, 9.17) is 0 Å². The van der Waals surface area contributed by atoms with Crippen LogP contribution < -0.4 is 0 Å². The molecule has 76 valence electrons. The standard InChI is InChI=1S/C11H10N2OS/c1-8-13-10(7-15-8)6-11(14)9-2-4-12-5-3-9/h2-5,7H,6H2,1H3. The Hall–Kier alpha value is -1.55. The summed E-state index contributed by atoms with van der Waals surface area (Å²) in [5.74, 6) is 0.0858. The molecule has 0 bridgehead atoms. The molecule has 4 heteroatoms. The molecular formula is C11H10N2OS. The van der Waals surface area contributed by atoms with Gasteiger partial charge in [-0.3, -0.25) is 9.78 Å². The number of hydrogen-bond acceptors (Lipinski definition) is 4. The summed E-state index contributed by atoms with van der Waals surface area (Å²) in [7, 11) is 0. The van der Waals surface area contributed by atoms with E-state index in [0.29, 0.717) is 12.0 Å². The third kappa shape index (κ3) is 2.47. The number of hydrogen-bond donors (Lipinski definition) is 0. The van der Waals surface area contributed by atoms with Gasteiger partial charge in [0.25, 0.3) is 0 Å². The minimum atomic E-state index is 0.0858. The van der Waals surface area contributed by atoms with Gasteiger partial charge >= 0.3 is 0 Å². The first kappa shape index (κ1) is 9.98. The van der Waals surface area contributed by atoms with Gasteiger partial charge in [0.1, 0.15) is 0 Å². The first-order chi connectivity index (χ1) is 7.25. The van der Waals surface area contributed by atoms with Gasteiger partial charge in [0.05, 0.1) is 17.1 Å². The number of aromatic nitrogens is 2. The Bertz CT molecular complexity index is 464. The van der Waals surface area contributed by atoms with Crippen molar-refractivity contribution in [3.63, 3.8) is 0 Å². The first-order valence-corrected chi connectivity index (χ1v) is 5.48. The van der Waals surface area contributed by atoms with Crippen molar-refractivity contribution < 1.29 is 4.79 Å². The second kappa shape index (κ2) is 4.31. The molecule has 0 aromatic carbocycles. The minimum absolute atomic E-state index is 0.0858. The highest BCUT2D eigenvalue weighted by Crippen LogP contribution is 2.10. The second-order valence-electron chi connectivity index (χ2n) is 3.19. The molecule has 0 amide bonds. The van der Waals surface area contributed by atoms with Crippen molar-refractivity contribution in [2.45, 2.75) is 13.3 Å². The molecule has 0 unspecified atom stereocenters. The van der Waals surface area contributed by atoms with E-state index in [2.05, 4.69) is 9.97 Å². The summed E-state index contributed by atoms with van der Waals surface area (Å²) < 4.78 is 0. The van der Waals surface area contributed by atoms with Crippen LogP contribution in [0.4, 0.5) is 0 Å². The molecule has 2 aromatic rings. The van der Waals surface area contributed by atoms with Crippen LogP contribution in [0.25, 0.3) is 0 Å².